The molecular formula is C13H19ClN2O2. The first-order valence-electron chi connectivity index (χ1n) is 5.80. The standard InChI is InChI=1S/C13H19ClN2O2/c1-16(2)13(18)7-10-5-3-4-6-12(10)15-9-11(17)8-14/h3-6,11,15,17H,7-9H2,1-2H3. The minimum Gasteiger partial charge on any atom is -0.390 e. The van der Waals surface area contributed by atoms with Crippen molar-refractivity contribution >= 4 is 23.2 Å². The van der Waals surface area contributed by atoms with Crippen LogP contribution in [0.25, 0.3) is 0 Å². The smallest absolute Gasteiger partial charge is 0.226 e. The zero-order valence-corrected chi connectivity index (χ0v) is 11.4. The molecule has 1 rings (SSSR count). The molecule has 0 heterocycles. The number of benzene rings is 1. The Kier molecular flexibility index (Phi) is 5.95. The SMILES string of the molecule is CN(C)C(=O)Cc1ccccc1NCC(O)CCl. The predicted molar refractivity (Wildman–Crippen MR) is 74.1 cm³/mol. The molecule has 5 heteroatoms. The maximum atomic E-state index is 11.7. The van der Waals surface area contributed by atoms with Crippen LogP contribution in [0.1, 0.15) is 5.56 Å². The van der Waals surface area contributed by atoms with Gasteiger partial charge in [-0.3, -0.25) is 4.79 Å². The molecular weight excluding hydrogens is 252 g/mol. The first-order chi connectivity index (χ1) is 8.54. The van der Waals surface area contributed by atoms with Crippen molar-refractivity contribution in [2.75, 3.05) is 31.8 Å². The van der Waals surface area contributed by atoms with E-state index in [1.807, 2.05) is 24.3 Å². The second kappa shape index (κ2) is 7.24. The summed E-state index contributed by atoms with van der Waals surface area (Å²) in [6.07, 6.45) is -0.253. The molecule has 0 saturated heterocycles. The molecule has 4 nitrogen and oxygen atoms in total. The molecule has 0 spiro atoms. The average Bonchev–Trinajstić information content (AvgIpc) is 2.37. The first kappa shape index (κ1) is 14.8. The summed E-state index contributed by atoms with van der Waals surface area (Å²) in [6, 6.07) is 7.57. The Morgan fingerprint density at radius 3 is 2.72 bits per heavy atom. The Morgan fingerprint density at radius 2 is 2.11 bits per heavy atom. The second-order valence-electron chi connectivity index (χ2n) is 4.31. The van der Waals surface area contributed by atoms with Crippen LogP contribution in [0.3, 0.4) is 0 Å². The number of likely N-dealkylation sites (N-methyl/N-ethyl adjacent to an activating group) is 1. The van der Waals surface area contributed by atoms with E-state index in [4.69, 9.17) is 11.6 Å². The van der Waals surface area contributed by atoms with E-state index in [-0.39, 0.29) is 11.8 Å². The zero-order valence-electron chi connectivity index (χ0n) is 10.7. The van der Waals surface area contributed by atoms with Gasteiger partial charge in [0, 0.05) is 26.3 Å². The normalized spacial score (nSPS) is 12.0. The molecule has 0 aliphatic carbocycles. The van der Waals surface area contributed by atoms with E-state index in [2.05, 4.69) is 5.32 Å². The fourth-order valence-corrected chi connectivity index (χ4v) is 1.56. The van der Waals surface area contributed by atoms with Crippen LogP contribution in [-0.4, -0.2) is 48.5 Å². The molecule has 0 aliphatic heterocycles. The number of nitrogens with zero attached hydrogens (tertiary/aromatic N) is 1. The number of hydrogen-bond acceptors (Lipinski definition) is 3. The number of para-hydroxylation sites is 1. The van der Waals surface area contributed by atoms with Gasteiger partial charge in [0.05, 0.1) is 18.4 Å². The number of anilines is 1. The van der Waals surface area contributed by atoms with Crippen LogP contribution >= 0.6 is 11.6 Å². The number of carbonyl (C=O) groups is 1. The van der Waals surface area contributed by atoms with Crippen molar-refractivity contribution in [1.82, 2.24) is 4.90 Å². The Hall–Kier alpha value is -1.26. The molecule has 0 fully saturated rings. The van der Waals surface area contributed by atoms with Gasteiger partial charge in [-0.1, -0.05) is 18.2 Å². The Bertz CT molecular complexity index is 396. The van der Waals surface area contributed by atoms with Gasteiger partial charge in [0.1, 0.15) is 0 Å². The van der Waals surface area contributed by atoms with Crippen LogP contribution in [0.15, 0.2) is 24.3 Å². The van der Waals surface area contributed by atoms with Crippen LogP contribution in [-0.2, 0) is 11.2 Å². The highest BCUT2D eigenvalue weighted by Gasteiger charge is 2.10. The number of carbonyl (C=O) groups excluding carboxylic acids is 1. The van der Waals surface area contributed by atoms with Crippen LogP contribution in [0.2, 0.25) is 0 Å². The van der Waals surface area contributed by atoms with E-state index in [0.717, 1.165) is 11.3 Å². The first-order valence-corrected chi connectivity index (χ1v) is 6.34. The van der Waals surface area contributed by atoms with Gasteiger partial charge in [0.2, 0.25) is 5.91 Å². The van der Waals surface area contributed by atoms with Crippen molar-refractivity contribution < 1.29 is 9.90 Å². The average molecular weight is 271 g/mol. The number of amides is 1. The summed E-state index contributed by atoms with van der Waals surface area (Å²) in [7, 11) is 3.46. The van der Waals surface area contributed by atoms with E-state index in [0.29, 0.717) is 13.0 Å². The molecule has 100 valence electrons. The third-order valence-corrected chi connectivity index (χ3v) is 2.92. The second-order valence-corrected chi connectivity index (χ2v) is 4.62. The van der Waals surface area contributed by atoms with Crippen molar-refractivity contribution in [3.63, 3.8) is 0 Å². The Balaban J connectivity index is 2.70. The lowest BCUT2D eigenvalue weighted by Crippen LogP contribution is -2.25. The van der Waals surface area contributed by atoms with Crippen LogP contribution in [0.5, 0.6) is 0 Å². The van der Waals surface area contributed by atoms with E-state index in [9.17, 15) is 9.90 Å². The number of aliphatic hydroxyl groups is 1. The largest absolute Gasteiger partial charge is 0.390 e. The fourth-order valence-electron chi connectivity index (χ4n) is 1.45. The zero-order chi connectivity index (χ0) is 13.5. The van der Waals surface area contributed by atoms with Gasteiger partial charge in [-0.05, 0) is 11.6 Å². The van der Waals surface area contributed by atoms with Crippen LogP contribution in [0, 0.1) is 0 Å². The van der Waals surface area contributed by atoms with Crippen molar-refractivity contribution in [3.05, 3.63) is 29.8 Å². The van der Waals surface area contributed by atoms with Gasteiger partial charge in [-0.2, -0.15) is 0 Å². The summed E-state index contributed by atoms with van der Waals surface area (Å²) in [5, 5.41) is 12.5. The van der Waals surface area contributed by atoms with Gasteiger partial charge in [0.25, 0.3) is 0 Å². The van der Waals surface area contributed by atoms with Crippen molar-refractivity contribution in [2.45, 2.75) is 12.5 Å². The third kappa shape index (κ3) is 4.55. The van der Waals surface area contributed by atoms with Gasteiger partial charge in [-0.15, -0.1) is 11.6 Å². The summed E-state index contributed by atoms with van der Waals surface area (Å²) in [6.45, 7) is 0.372. The lowest BCUT2D eigenvalue weighted by Gasteiger charge is -2.15. The molecule has 0 aliphatic rings. The molecule has 18 heavy (non-hydrogen) atoms. The molecule has 1 aromatic carbocycles. The van der Waals surface area contributed by atoms with Gasteiger partial charge in [0.15, 0.2) is 0 Å². The predicted octanol–water partition coefficient (Wildman–Crippen LogP) is 1.33. The Morgan fingerprint density at radius 1 is 1.44 bits per heavy atom. The maximum Gasteiger partial charge on any atom is 0.226 e. The molecule has 0 saturated carbocycles. The van der Waals surface area contributed by atoms with Gasteiger partial charge < -0.3 is 15.3 Å². The molecule has 1 aromatic rings. The minimum absolute atomic E-state index is 0.0436. The minimum atomic E-state index is -0.593. The van der Waals surface area contributed by atoms with Crippen molar-refractivity contribution in [1.29, 1.82) is 0 Å². The Labute approximate surface area is 113 Å². The van der Waals surface area contributed by atoms with Gasteiger partial charge >= 0.3 is 0 Å². The van der Waals surface area contributed by atoms with E-state index in [1.165, 1.54) is 0 Å². The summed E-state index contributed by atoms with van der Waals surface area (Å²) < 4.78 is 0. The van der Waals surface area contributed by atoms with E-state index < -0.39 is 6.10 Å². The van der Waals surface area contributed by atoms with Gasteiger partial charge in [-0.25, -0.2) is 0 Å². The maximum absolute atomic E-state index is 11.7. The monoisotopic (exact) mass is 270 g/mol. The lowest BCUT2D eigenvalue weighted by molar-refractivity contribution is -0.127. The number of nitrogens with one attached hydrogen (secondary N) is 1. The molecule has 0 radical (unpaired) electrons. The third-order valence-electron chi connectivity index (χ3n) is 2.56. The number of rotatable bonds is 6. The number of halogens is 1. The lowest BCUT2D eigenvalue weighted by atomic mass is 10.1. The fraction of sp³-hybridized carbons (Fsp3) is 0.462. The summed E-state index contributed by atoms with van der Waals surface area (Å²) in [5.41, 5.74) is 1.77. The van der Waals surface area contributed by atoms with E-state index in [1.54, 1.807) is 19.0 Å². The quantitative estimate of drug-likeness (QED) is 0.767. The number of alkyl halides is 1. The molecule has 1 unspecified atom stereocenters. The molecule has 2 N–H and O–H groups in total. The number of aliphatic hydroxyl groups excluding tert-OH is 1. The van der Waals surface area contributed by atoms with Crippen molar-refractivity contribution in [2.24, 2.45) is 0 Å². The topological polar surface area (TPSA) is 52.6 Å². The van der Waals surface area contributed by atoms with Crippen molar-refractivity contribution in [3.8, 4) is 0 Å². The molecule has 0 bridgehead atoms. The summed E-state index contributed by atoms with van der Waals surface area (Å²) in [5.74, 6) is 0.230. The highest BCUT2D eigenvalue weighted by Crippen LogP contribution is 2.16. The molecule has 1 atom stereocenters. The van der Waals surface area contributed by atoms with Crippen LogP contribution < -0.4 is 5.32 Å². The highest BCUT2D eigenvalue weighted by molar-refractivity contribution is 6.18. The highest BCUT2D eigenvalue weighted by atomic mass is 35.5. The molecule has 1 amide bonds. The summed E-state index contributed by atoms with van der Waals surface area (Å²) in [4.78, 5) is 13.2. The summed E-state index contributed by atoms with van der Waals surface area (Å²) >= 11 is 5.53. The number of hydrogen-bond donors (Lipinski definition) is 2. The van der Waals surface area contributed by atoms with Crippen LogP contribution in [0.4, 0.5) is 5.69 Å². The molecule has 0 aromatic heterocycles. The van der Waals surface area contributed by atoms with E-state index >= 15 is 0 Å².